The summed E-state index contributed by atoms with van der Waals surface area (Å²) < 4.78 is 0.944. The first-order chi connectivity index (χ1) is 6.00. The average Bonchev–Trinajstić information content (AvgIpc) is 1.98. The first-order valence-electron chi connectivity index (χ1n) is 4.23. The van der Waals surface area contributed by atoms with Crippen LogP contribution in [-0.2, 0) is 0 Å². The Labute approximate surface area is 77.3 Å². The smallest absolute Gasteiger partial charge is 0.141 e. The molecular weight excluding hydrogens is 166 g/mol. The number of rotatable bonds is 1. The summed E-state index contributed by atoms with van der Waals surface area (Å²) in [6.07, 6.45) is 0. The molecule has 0 aliphatic heterocycles. The van der Waals surface area contributed by atoms with Crippen LogP contribution in [0.25, 0.3) is 0 Å². The summed E-state index contributed by atoms with van der Waals surface area (Å²) in [5, 5.41) is 10.1. The third-order valence-corrected chi connectivity index (χ3v) is 1.64. The fraction of sp³-hybridized carbons (Fsp3) is 0.444. The van der Waals surface area contributed by atoms with Crippen molar-refractivity contribution in [3.05, 3.63) is 23.2 Å². The Morgan fingerprint density at radius 2 is 2.08 bits per heavy atom. The monoisotopic (exact) mass is 181 g/mol. The molecule has 0 aliphatic carbocycles. The van der Waals surface area contributed by atoms with Crippen LogP contribution in [-0.4, -0.2) is 16.0 Å². The standard InChI is InChI=1S/C9H15N3O/c1-6(2)11-8-4-7(3)12(13)9(10)5-8/h4-6,13H,10H2,1-3H3. The molecule has 0 saturated heterocycles. The van der Waals surface area contributed by atoms with Crippen molar-refractivity contribution >= 4 is 5.82 Å². The lowest BCUT2D eigenvalue weighted by Gasteiger charge is -2.06. The number of aromatic nitrogens is 1. The van der Waals surface area contributed by atoms with Crippen molar-refractivity contribution in [3.8, 4) is 0 Å². The highest BCUT2D eigenvalue weighted by molar-refractivity contribution is 5.29. The number of anilines is 1. The molecule has 1 heterocycles. The van der Waals surface area contributed by atoms with Crippen molar-refractivity contribution in [2.24, 2.45) is 4.99 Å². The van der Waals surface area contributed by atoms with E-state index in [1.807, 2.05) is 13.8 Å². The Bertz CT molecular complexity index is 339. The average molecular weight is 181 g/mol. The van der Waals surface area contributed by atoms with E-state index in [-0.39, 0.29) is 6.04 Å². The molecule has 1 aromatic heterocycles. The first kappa shape index (κ1) is 9.64. The molecular formula is C9H15N3O. The predicted molar refractivity (Wildman–Crippen MR) is 51.5 cm³/mol. The minimum absolute atomic E-state index is 0.230. The molecule has 4 heteroatoms. The van der Waals surface area contributed by atoms with Crippen molar-refractivity contribution in [3.63, 3.8) is 0 Å². The molecule has 13 heavy (non-hydrogen) atoms. The van der Waals surface area contributed by atoms with Gasteiger partial charge in [-0.2, -0.15) is 4.73 Å². The number of nitrogens with two attached hydrogens (primary N) is 1. The number of nitrogens with zero attached hydrogens (tertiary/aromatic N) is 2. The highest BCUT2D eigenvalue weighted by Gasteiger charge is 1.97. The maximum Gasteiger partial charge on any atom is 0.141 e. The van der Waals surface area contributed by atoms with Crippen molar-refractivity contribution in [2.45, 2.75) is 26.8 Å². The molecule has 0 spiro atoms. The molecule has 0 fully saturated rings. The largest absolute Gasteiger partial charge is 0.427 e. The van der Waals surface area contributed by atoms with Crippen molar-refractivity contribution < 1.29 is 5.21 Å². The third kappa shape index (κ3) is 2.24. The second-order valence-electron chi connectivity index (χ2n) is 3.31. The molecule has 72 valence electrons. The minimum Gasteiger partial charge on any atom is -0.427 e. The SMILES string of the molecule is Cc1cc(=NC(C)C)cc(N)n1O. The summed E-state index contributed by atoms with van der Waals surface area (Å²) in [5.74, 6) is 0.305. The van der Waals surface area contributed by atoms with E-state index in [9.17, 15) is 5.21 Å². The summed E-state index contributed by atoms with van der Waals surface area (Å²) in [4.78, 5) is 4.32. The number of aryl methyl sites for hydroxylation is 1. The van der Waals surface area contributed by atoms with Crippen LogP contribution in [0.15, 0.2) is 17.1 Å². The van der Waals surface area contributed by atoms with Gasteiger partial charge < -0.3 is 10.9 Å². The minimum atomic E-state index is 0.230. The maximum atomic E-state index is 9.31. The molecule has 0 saturated carbocycles. The summed E-state index contributed by atoms with van der Waals surface area (Å²) in [5.41, 5.74) is 6.23. The predicted octanol–water partition coefficient (Wildman–Crippen LogP) is 0.925. The fourth-order valence-corrected chi connectivity index (χ4v) is 1.11. The van der Waals surface area contributed by atoms with E-state index in [2.05, 4.69) is 4.99 Å². The summed E-state index contributed by atoms with van der Waals surface area (Å²) >= 11 is 0. The lowest BCUT2D eigenvalue weighted by atomic mass is 10.3. The Morgan fingerprint density at radius 1 is 1.46 bits per heavy atom. The van der Waals surface area contributed by atoms with E-state index < -0.39 is 0 Å². The molecule has 0 amide bonds. The molecule has 3 N–H and O–H groups in total. The van der Waals surface area contributed by atoms with Gasteiger partial charge in [0.2, 0.25) is 0 Å². The van der Waals surface area contributed by atoms with Crippen LogP contribution in [0.2, 0.25) is 0 Å². The summed E-state index contributed by atoms with van der Waals surface area (Å²) in [6.45, 7) is 5.76. The highest BCUT2D eigenvalue weighted by Crippen LogP contribution is 1.99. The lowest BCUT2D eigenvalue weighted by Crippen LogP contribution is -2.14. The normalized spacial score (nSPS) is 12.5. The molecule has 0 aliphatic rings. The molecule has 1 aromatic rings. The Balaban J connectivity index is 3.29. The van der Waals surface area contributed by atoms with Crippen molar-refractivity contribution in [1.29, 1.82) is 0 Å². The molecule has 4 nitrogen and oxygen atoms in total. The Morgan fingerprint density at radius 3 is 2.54 bits per heavy atom. The number of hydrogen-bond donors (Lipinski definition) is 2. The van der Waals surface area contributed by atoms with E-state index in [1.54, 1.807) is 19.1 Å². The van der Waals surface area contributed by atoms with E-state index in [0.29, 0.717) is 11.5 Å². The number of nitrogen functional groups attached to an aromatic ring is 1. The highest BCUT2D eigenvalue weighted by atomic mass is 16.5. The van der Waals surface area contributed by atoms with Gasteiger partial charge in [0.1, 0.15) is 5.82 Å². The lowest BCUT2D eigenvalue weighted by molar-refractivity contribution is 0.184. The summed E-state index contributed by atoms with van der Waals surface area (Å²) in [6, 6.07) is 3.66. The van der Waals surface area contributed by atoms with E-state index in [4.69, 9.17) is 5.73 Å². The van der Waals surface area contributed by atoms with Gasteiger partial charge in [-0.1, -0.05) is 0 Å². The van der Waals surface area contributed by atoms with E-state index >= 15 is 0 Å². The fourth-order valence-electron chi connectivity index (χ4n) is 1.11. The molecule has 0 atom stereocenters. The van der Waals surface area contributed by atoms with E-state index in [0.717, 1.165) is 10.1 Å². The van der Waals surface area contributed by atoms with Gasteiger partial charge in [0.25, 0.3) is 0 Å². The second-order valence-corrected chi connectivity index (χ2v) is 3.31. The van der Waals surface area contributed by atoms with Crippen LogP contribution in [0.5, 0.6) is 0 Å². The molecule has 0 unspecified atom stereocenters. The third-order valence-electron chi connectivity index (χ3n) is 1.64. The summed E-state index contributed by atoms with van der Waals surface area (Å²) in [7, 11) is 0. The topological polar surface area (TPSA) is 63.5 Å². The van der Waals surface area contributed by atoms with Gasteiger partial charge in [-0.05, 0) is 26.8 Å². The van der Waals surface area contributed by atoms with Gasteiger partial charge in [0, 0.05) is 12.1 Å². The first-order valence-corrected chi connectivity index (χ1v) is 4.23. The van der Waals surface area contributed by atoms with Gasteiger partial charge >= 0.3 is 0 Å². The Kier molecular flexibility index (Phi) is 2.60. The zero-order valence-electron chi connectivity index (χ0n) is 8.15. The quantitative estimate of drug-likeness (QED) is 0.633. The molecule has 0 aromatic carbocycles. The zero-order chi connectivity index (χ0) is 10.0. The molecule has 1 rings (SSSR count). The Hall–Kier alpha value is -1.45. The molecule has 0 bridgehead atoms. The van der Waals surface area contributed by atoms with Crippen LogP contribution in [0, 0.1) is 6.92 Å². The van der Waals surface area contributed by atoms with Crippen LogP contribution >= 0.6 is 0 Å². The van der Waals surface area contributed by atoms with Gasteiger partial charge in [0.15, 0.2) is 0 Å². The zero-order valence-corrected chi connectivity index (χ0v) is 8.15. The van der Waals surface area contributed by atoms with Gasteiger partial charge in [-0.3, -0.25) is 4.99 Å². The van der Waals surface area contributed by atoms with Gasteiger partial charge in [-0.15, -0.1) is 0 Å². The number of pyridine rings is 1. The van der Waals surface area contributed by atoms with Crippen LogP contribution in [0.4, 0.5) is 5.82 Å². The maximum absolute atomic E-state index is 9.31. The van der Waals surface area contributed by atoms with Crippen LogP contribution in [0.1, 0.15) is 19.5 Å². The molecule has 0 radical (unpaired) electrons. The van der Waals surface area contributed by atoms with Crippen LogP contribution < -0.4 is 11.1 Å². The van der Waals surface area contributed by atoms with Gasteiger partial charge in [-0.25, -0.2) is 0 Å². The van der Waals surface area contributed by atoms with Gasteiger partial charge in [0.05, 0.1) is 11.1 Å². The van der Waals surface area contributed by atoms with Crippen molar-refractivity contribution in [1.82, 2.24) is 4.73 Å². The van der Waals surface area contributed by atoms with E-state index in [1.165, 1.54) is 0 Å². The number of hydrogen-bond acceptors (Lipinski definition) is 3. The van der Waals surface area contributed by atoms with Crippen LogP contribution in [0.3, 0.4) is 0 Å². The second kappa shape index (κ2) is 3.51. The van der Waals surface area contributed by atoms with Crippen molar-refractivity contribution in [2.75, 3.05) is 5.73 Å².